The number of carbonyl (C=O) groups is 1. The van der Waals surface area contributed by atoms with Crippen molar-refractivity contribution in [3.63, 3.8) is 0 Å². The SMILES string of the molecule is CCCN(CC)[C@@H](C)C(=O)O. The van der Waals surface area contributed by atoms with Gasteiger partial charge < -0.3 is 5.11 Å². The molecule has 0 saturated heterocycles. The van der Waals surface area contributed by atoms with Crippen molar-refractivity contribution in [2.45, 2.75) is 33.2 Å². The number of aliphatic carboxylic acids is 1. The Morgan fingerprint density at radius 1 is 1.55 bits per heavy atom. The molecular formula is C8H17NO2. The molecule has 66 valence electrons. The second-order valence-electron chi connectivity index (χ2n) is 2.64. The van der Waals surface area contributed by atoms with Gasteiger partial charge in [0.05, 0.1) is 0 Å². The van der Waals surface area contributed by atoms with E-state index < -0.39 is 5.97 Å². The highest BCUT2D eigenvalue weighted by atomic mass is 16.4. The van der Waals surface area contributed by atoms with Gasteiger partial charge in [-0.15, -0.1) is 0 Å². The van der Waals surface area contributed by atoms with E-state index in [-0.39, 0.29) is 6.04 Å². The first kappa shape index (κ1) is 10.4. The summed E-state index contributed by atoms with van der Waals surface area (Å²) in [5.74, 6) is -0.736. The van der Waals surface area contributed by atoms with Gasteiger partial charge in [0.25, 0.3) is 0 Å². The van der Waals surface area contributed by atoms with Gasteiger partial charge in [0.1, 0.15) is 6.04 Å². The molecule has 0 unspecified atom stereocenters. The minimum absolute atomic E-state index is 0.347. The summed E-state index contributed by atoms with van der Waals surface area (Å²) in [6.07, 6.45) is 1.01. The third kappa shape index (κ3) is 3.37. The van der Waals surface area contributed by atoms with E-state index in [0.29, 0.717) is 0 Å². The quantitative estimate of drug-likeness (QED) is 0.655. The van der Waals surface area contributed by atoms with E-state index in [0.717, 1.165) is 19.5 Å². The number of likely N-dealkylation sites (N-methyl/N-ethyl adjacent to an activating group) is 1. The van der Waals surface area contributed by atoms with E-state index >= 15 is 0 Å². The van der Waals surface area contributed by atoms with E-state index in [2.05, 4.69) is 6.92 Å². The van der Waals surface area contributed by atoms with E-state index in [9.17, 15) is 4.79 Å². The summed E-state index contributed by atoms with van der Waals surface area (Å²) >= 11 is 0. The van der Waals surface area contributed by atoms with E-state index in [1.807, 2.05) is 11.8 Å². The van der Waals surface area contributed by atoms with Gasteiger partial charge in [-0.05, 0) is 26.4 Å². The van der Waals surface area contributed by atoms with E-state index in [1.165, 1.54) is 0 Å². The number of nitrogens with zero attached hydrogens (tertiary/aromatic N) is 1. The van der Waals surface area contributed by atoms with Gasteiger partial charge in [-0.2, -0.15) is 0 Å². The standard InChI is InChI=1S/C8H17NO2/c1-4-6-9(5-2)7(3)8(10)11/h7H,4-6H2,1-3H3,(H,10,11)/t7-/m0/s1. The molecule has 0 radical (unpaired) electrons. The lowest BCUT2D eigenvalue weighted by molar-refractivity contribution is -0.142. The van der Waals surface area contributed by atoms with Crippen LogP contribution in [0.1, 0.15) is 27.2 Å². The third-order valence-corrected chi connectivity index (χ3v) is 1.82. The lowest BCUT2D eigenvalue weighted by atomic mass is 10.2. The molecule has 0 fully saturated rings. The number of carboxylic acid groups (broad SMARTS) is 1. The van der Waals surface area contributed by atoms with Crippen LogP contribution in [0.2, 0.25) is 0 Å². The smallest absolute Gasteiger partial charge is 0.320 e. The third-order valence-electron chi connectivity index (χ3n) is 1.82. The normalized spacial score (nSPS) is 13.5. The van der Waals surface area contributed by atoms with Crippen LogP contribution in [-0.2, 0) is 4.79 Å². The summed E-state index contributed by atoms with van der Waals surface area (Å²) in [6, 6.07) is -0.347. The monoisotopic (exact) mass is 159 g/mol. The summed E-state index contributed by atoms with van der Waals surface area (Å²) in [5.41, 5.74) is 0. The molecule has 0 spiro atoms. The molecule has 0 rings (SSSR count). The van der Waals surface area contributed by atoms with Crippen LogP contribution in [0.5, 0.6) is 0 Å². The molecular weight excluding hydrogens is 142 g/mol. The minimum Gasteiger partial charge on any atom is -0.480 e. The number of rotatable bonds is 5. The van der Waals surface area contributed by atoms with Crippen LogP contribution < -0.4 is 0 Å². The van der Waals surface area contributed by atoms with Crippen molar-refractivity contribution < 1.29 is 9.90 Å². The van der Waals surface area contributed by atoms with Gasteiger partial charge in [0.2, 0.25) is 0 Å². The fraction of sp³-hybridized carbons (Fsp3) is 0.875. The van der Waals surface area contributed by atoms with Crippen LogP contribution >= 0.6 is 0 Å². The van der Waals surface area contributed by atoms with Crippen molar-refractivity contribution in [3.8, 4) is 0 Å². The molecule has 0 aromatic carbocycles. The topological polar surface area (TPSA) is 40.5 Å². The average molecular weight is 159 g/mol. The number of carboxylic acids is 1. The highest BCUT2D eigenvalue weighted by Crippen LogP contribution is 1.99. The van der Waals surface area contributed by atoms with Gasteiger partial charge in [0, 0.05) is 0 Å². The van der Waals surface area contributed by atoms with Crippen molar-refractivity contribution >= 4 is 5.97 Å². The summed E-state index contributed by atoms with van der Waals surface area (Å²) in [5, 5.41) is 8.67. The van der Waals surface area contributed by atoms with Crippen LogP contribution in [-0.4, -0.2) is 35.1 Å². The Morgan fingerprint density at radius 2 is 2.09 bits per heavy atom. The highest BCUT2D eigenvalue weighted by molar-refractivity contribution is 5.72. The summed E-state index contributed by atoms with van der Waals surface area (Å²) in [7, 11) is 0. The van der Waals surface area contributed by atoms with Gasteiger partial charge in [-0.3, -0.25) is 9.69 Å². The second-order valence-corrected chi connectivity index (χ2v) is 2.64. The Balaban J connectivity index is 3.91. The largest absolute Gasteiger partial charge is 0.480 e. The van der Waals surface area contributed by atoms with Gasteiger partial charge in [-0.1, -0.05) is 13.8 Å². The molecule has 0 aliphatic carbocycles. The molecule has 0 saturated carbocycles. The van der Waals surface area contributed by atoms with Crippen LogP contribution in [0.15, 0.2) is 0 Å². The summed E-state index contributed by atoms with van der Waals surface area (Å²) in [6.45, 7) is 7.43. The molecule has 0 aliphatic heterocycles. The first-order valence-corrected chi connectivity index (χ1v) is 4.10. The lowest BCUT2D eigenvalue weighted by Crippen LogP contribution is -2.39. The molecule has 0 aromatic heterocycles. The van der Waals surface area contributed by atoms with Crippen LogP contribution in [0.3, 0.4) is 0 Å². The molecule has 0 heterocycles. The first-order chi connectivity index (χ1) is 5.13. The Kier molecular flexibility index (Phi) is 4.86. The number of hydrogen-bond donors (Lipinski definition) is 1. The Labute approximate surface area is 68.0 Å². The van der Waals surface area contributed by atoms with Crippen molar-refractivity contribution in [2.75, 3.05) is 13.1 Å². The maximum absolute atomic E-state index is 10.5. The van der Waals surface area contributed by atoms with Crippen molar-refractivity contribution in [1.29, 1.82) is 0 Å². The van der Waals surface area contributed by atoms with E-state index in [4.69, 9.17) is 5.11 Å². The van der Waals surface area contributed by atoms with Gasteiger partial charge in [-0.25, -0.2) is 0 Å². The number of hydrogen-bond acceptors (Lipinski definition) is 2. The van der Waals surface area contributed by atoms with Crippen molar-refractivity contribution in [3.05, 3.63) is 0 Å². The average Bonchev–Trinajstić information content (AvgIpc) is 1.98. The molecule has 3 heteroatoms. The lowest BCUT2D eigenvalue weighted by Gasteiger charge is -2.23. The maximum Gasteiger partial charge on any atom is 0.320 e. The van der Waals surface area contributed by atoms with Gasteiger partial charge >= 0.3 is 5.97 Å². The van der Waals surface area contributed by atoms with Crippen molar-refractivity contribution in [1.82, 2.24) is 4.90 Å². The zero-order valence-corrected chi connectivity index (χ0v) is 7.50. The molecule has 0 bridgehead atoms. The Bertz CT molecular complexity index is 125. The van der Waals surface area contributed by atoms with E-state index in [1.54, 1.807) is 6.92 Å². The van der Waals surface area contributed by atoms with Gasteiger partial charge in [0.15, 0.2) is 0 Å². The second kappa shape index (κ2) is 5.13. The maximum atomic E-state index is 10.5. The van der Waals surface area contributed by atoms with Crippen molar-refractivity contribution in [2.24, 2.45) is 0 Å². The molecule has 1 atom stereocenters. The zero-order chi connectivity index (χ0) is 8.85. The van der Waals surface area contributed by atoms with Crippen LogP contribution in [0.4, 0.5) is 0 Å². The molecule has 11 heavy (non-hydrogen) atoms. The predicted octanol–water partition coefficient (Wildman–Crippen LogP) is 1.19. The fourth-order valence-electron chi connectivity index (χ4n) is 1.07. The zero-order valence-electron chi connectivity index (χ0n) is 7.50. The fourth-order valence-corrected chi connectivity index (χ4v) is 1.07. The van der Waals surface area contributed by atoms with Crippen LogP contribution in [0, 0.1) is 0 Å². The predicted molar refractivity (Wildman–Crippen MR) is 44.6 cm³/mol. The Morgan fingerprint density at radius 3 is 2.36 bits per heavy atom. The molecule has 1 N–H and O–H groups in total. The minimum atomic E-state index is -0.736. The molecule has 3 nitrogen and oxygen atoms in total. The Hall–Kier alpha value is -0.570. The molecule has 0 aliphatic rings. The molecule has 0 amide bonds. The summed E-state index contributed by atoms with van der Waals surface area (Å²) in [4.78, 5) is 12.5. The molecule has 0 aromatic rings. The first-order valence-electron chi connectivity index (χ1n) is 4.10. The highest BCUT2D eigenvalue weighted by Gasteiger charge is 2.17. The van der Waals surface area contributed by atoms with Crippen LogP contribution in [0.25, 0.3) is 0 Å². The summed E-state index contributed by atoms with van der Waals surface area (Å²) < 4.78 is 0.